The molecule has 2 unspecified atom stereocenters. The van der Waals surface area contributed by atoms with Crippen molar-refractivity contribution in [2.45, 2.75) is 45.7 Å². The summed E-state index contributed by atoms with van der Waals surface area (Å²) in [6.45, 7) is 5.88. The van der Waals surface area contributed by atoms with Gasteiger partial charge in [0, 0.05) is 11.1 Å². The molecule has 0 aliphatic rings. The van der Waals surface area contributed by atoms with Gasteiger partial charge in [-0.1, -0.05) is 13.3 Å². The van der Waals surface area contributed by atoms with Crippen LogP contribution >= 0.6 is 23.7 Å². The quantitative estimate of drug-likeness (QED) is 0.867. The molecule has 0 bridgehead atoms. The van der Waals surface area contributed by atoms with Gasteiger partial charge in [0.2, 0.25) is 5.91 Å². The maximum absolute atomic E-state index is 11.7. The lowest BCUT2D eigenvalue weighted by molar-refractivity contribution is -0.123. The number of nitrogens with zero attached hydrogens (tertiary/aromatic N) is 1. The molecule has 98 valence electrons. The van der Waals surface area contributed by atoms with Gasteiger partial charge in [0.15, 0.2) is 0 Å². The monoisotopic (exact) mass is 277 g/mol. The fourth-order valence-corrected chi connectivity index (χ4v) is 2.20. The van der Waals surface area contributed by atoms with Gasteiger partial charge in [-0.15, -0.1) is 23.7 Å². The van der Waals surface area contributed by atoms with E-state index in [2.05, 4.69) is 10.3 Å². The Hall–Kier alpha value is -0.650. The molecule has 0 aliphatic heterocycles. The van der Waals surface area contributed by atoms with Gasteiger partial charge in [-0.2, -0.15) is 0 Å². The zero-order valence-corrected chi connectivity index (χ0v) is 12.0. The van der Waals surface area contributed by atoms with Crippen molar-refractivity contribution in [3.63, 3.8) is 0 Å². The van der Waals surface area contributed by atoms with Crippen LogP contribution in [0, 0.1) is 6.92 Å². The summed E-state index contributed by atoms with van der Waals surface area (Å²) in [6.07, 6.45) is 1.63. The third kappa shape index (κ3) is 5.02. The highest BCUT2D eigenvalue weighted by atomic mass is 35.5. The summed E-state index contributed by atoms with van der Waals surface area (Å²) in [4.78, 5) is 16.0. The van der Waals surface area contributed by atoms with Crippen LogP contribution < -0.4 is 11.1 Å². The van der Waals surface area contributed by atoms with Crippen molar-refractivity contribution in [2.75, 3.05) is 0 Å². The standard InChI is InChI=1S/C11H19N3OS.ClH/c1-4-5-9(12)10(15)14-8(3)11-13-7(2)6-16-11;/h6,8-9H,4-5,12H2,1-3H3,(H,14,15);1H. The molecule has 1 rings (SSSR count). The number of hydrogen-bond donors (Lipinski definition) is 2. The Balaban J connectivity index is 0.00000256. The SMILES string of the molecule is CCCC(N)C(=O)NC(C)c1nc(C)cs1.Cl. The number of amides is 1. The van der Waals surface area contributed by atoms with E-state index in [4.69, 9.17) is 5.73 Å². The summed E-state index contributed by atoms with van der Waals surface area (Å²) in [6, 6.07) is -0.470. The van der Waals surface area contributed by atoms with Gasteiger partial charge in [-0.05, 0) is 20.3 Å². The fraction of sp³-hybridized carbons (Fsp3) is 0.636. The maximum Gasteiger partial charge on any atom is 0.237 e. The van der Waals surface area contributed by atoms with Crippen LogP contribution in [0.4, 0.5) is 0 Å². The number of aromatic nitrogens is 1. The number of hydrogen-bond acceptors (Lipinski definition) is 4. The molecule has 0 radical (unpaired) electrons. The van der Waals surface area contributed by atoms with E-state index < -0.39 is 6.04 Å². The molecule has 0 aliphatic carbocycles. The predicted molar refractivity (Wildman–Crippen MR) is 73.5 cm³/mol. The molecule has 6 heteroatoms. The molecular formula is C11H20ClN3OS. The predicted octanol–water partition coefficient (Wildman–Crippen LogP) is 2.18. The number of aryl methyl sites for hydroxylation is 1. The smallest absolute Gasteiger partial charge is 0.237 e. The second-order valence-electron chi connectivity index (χ2n) is 3.95. The average molecular weight is 278 g/mol. The molecule has 0 saturated carbocycles. The van der Waals surface area contributed by atoms with Gasteiger partial charge in [0.05, 0.1) is 12.1 Å². The van der Waals surface area contributed by atoms with Crippen LogP contribution in [0.25, 0.3) is 0 Å². The minimum Gasteiger partial charge on any atom is -0.346 e. The van der Waals surface area contributed by atoms with E-state index in [9.17, 15) is 4.79 Å². The molecular weight excluding hydrogens is 258 g/mol. The second kappa shape index (κ2) is 7.63. The molecule has 0 aromatic carbocycles. The molecule has 1 aromatic rings. The van der Waals surface area contributed by atoms with E-state index in [0.717, 1.165) is 23.5 Å². The lowest BCUT2D eigenvalue weighted by Gasteiger charge is -2.15. The van der Waals surface area contributed by atoms with Crippen molar-refractivity contribution < 1.29 is 4.79 Å². The average Bonchev–Trinajstić information content (AvgIpc) is 2.65. The normalized spacial score (nSPS) is 13.6. The van der Waals surface area contributed by atoms with E-state index in [1.165, 1.54) is 0 Å². The largest absolute Gasteiger partial charge is 0.346 e. The summed E-state index contributed by atoms with van der Waals surface area (Å²) in [5.41, 5.74) is 6.72. The molecule has 17 heavy (non-hydrogen) atoms. The minimum atomic E-state index is -0.409. The molecule has 0 fully saturated rings. The van der Waals surface area contributed by atoms with Crippen molar-refractivity contribution in [3.05, 3.63) is 16.1 Å². The van der Waals surface area contributed by atoms with Crippen LogP contribution in [-0.2, 0) is 4.79 Å². The summed E-state index contributed by atoms with van der Waals surface area (Å²) < 4.78 is 0. The molecule has 1 heterocycles. The highest BCUT2D eigenvalue weighted by Gasteiger charge is 2.17. The van der Waals surface area contributed by atoms with E-state index in [1.54, 1.807) is 11.3 Å². The number of carbonyl (C=O) groups is 1. The van der Waals surface area contributed by atoms with Gasteiger partial charge < -0.3 is 11.1 Å². The first-order chi connectivity index (χ1) is 7.54. The van der Waals surface area contributed by atoms with Crippen LogP contribution in [0.5, 0.6) is 0 Å². The van der Waals surface area contributed by atoms with E-state index in [0.29, 0.717) is 0 Å². The molecule has 0 saturated heterocycles. The van der Waals surface area contributed by atoms with Crippen LogP contribution in [0.15, 0.2) is 5.38 Å². The first-order valence-corrected chi connectivity index (χ1v) is 6.40. The van der Waals surface area contributed by atoms with Gasteiger partial charge in [-0.25, -0.2) is 4.98 Å². The molecule has 0 spiro atoms. The summed E-state index contributed by atoms with van der Waals surface area (Å²) >= 11 is 1.56. The maximum atomic E-state index is 11.7. The molecule has 1 aromatic heterocycles. The first kappa shape index (κ1) is 16.4. The highest BCUT2D eigenvalue weighted by molar-refractivity contribution is 7.09. The number of halogens is 1. The topological polar surface area (TPSA) is 68.0 Å². The Morgan fingerprint density at radius 2 is 2.29 bits per heavy atom. The van der Waals surface area contributed by atoms with Gasteiger partial charge in [-0.3, -0.25) is 4.79 Å². The molecule has 1 amide bonds. The summed E-state index contributed by atoms with van der Waals surface area (Å²) in [7, 11) is 0. The third-order valence-corrected chi connectivity index (χ3v) is 3.45. The Morgan fingerprint density at radius 3 is 2.76 bits per heavy atom. The summed E-state index contributed by atoms with van der Waals surface area (Å²) in [5, 5.41) is 5.78. The number of nitrogens with two attached hydrogens (primary N) is 1. The number of rotatable bonds is 5. The van der Waals surface area contributed by atoms with Crippen molar-refractivity contribution in [3.8, 4) is 0 Å². The first-order valence-electron chi connectivity index (χ1n) is 5.52. The van der Waals surface area contributed by atoms with Gasteiger partial charge >= 0.3 is 0 Å². The molecule has 2 atom stereocenters. The van der Waals surface area contributed by atoms with Crippen LogP contribution in [0.1, 0.15) is 43.4 Å². The van der Waals surface area contributed by atoms with Crippen molar-refractivity contribution in [1.29, 1.82) is 0 Å². The molecule has 3 N–H and O–H groups in total. The zero-order valence-electron chi connectivity index (χ0n) is 10.4. The Morgan fingerprint density at radius 1 is 1.65 bits per heavy atom. The highest BCUT2D eigenvalue weighted by Crippen LogP contribution is 2.17. The van der Waals surface area contributed by atoms with E-state index in [1.807, 2.05) is 26.2 Å². The second-order valence-corrected chi connectivity index (χ2v) is 4.84. The number of thiazole rings is 1. The fourth-order valence-electron chi connectivity index (χ4n) is 1.40. The van der Waals surface area contributed by atoms with Gasteiger partial charge in [0.1, 0.15) is 5.01 Å². The Bertz CT molecular complexity index is 356. The number of carbonyl (C=O) groups excluding carboxylic acids is 1. The van der Waals surface area contributed by atoms with Crippen molar-refractivity contribution in [2.24, 2.45) is 5.73 Å². The van der Waals surface area contributed by atoms with Crippen LogP contribution in [0.2, 0.25) is 0 Å². The van der Waals surface area contributed by atoms with Crippen LogP contribution in [-0.4, -0.2) is 16.9 Å². The van der Waals surface area contributed by atoms with Gasteiger partial charge in [0.25, 0.3) is 0 Å². The Labute approximate surface area is 112 Å². The lowest BCUT2D eigenvalue weighted by Crippen LogP contribution is -2.41. The third-order valence-electron chi connectivity index (χ3n) is 2.30. The summed E-state index contributed by atoms with van der Waals surface area (Å²) in [5.74, 6) is -0.0952. The lowest BCUT2D eigenvalue weighted by atomic mass is 10.1. The Kier molecular flexibility index (Phi) is 7.34. The minimum absolute atomic E-state index is 0. The molecule has 4 nitrogen and oxygen atoms in total. The van der Waals surface area contributed by atoms with E-state index >= 15 is 0 Å². The van der Waals surface area contributed by atoms with E-state index in [-0.39, 0.29) is 24.4 Å². The number of nitrogens with one attached hydrogen (secondary N) is 1. The zero-order chi connectivity index (χ0) is 12.1. The van der Waals surface area contributed by atoms with Crippen molar-refractivity contribution >= 4 is 29.7 Å². The van der Waals surface area contributed by atoms with Crippen LogP contribution in [0.3, 0.4) is 0 Å². The van der Waals surface area contributed by atoms with Crippen molar-refractivity contribution in [1.82, 2.24) is 10.3 Å².